The molecule has 3 aromatic rings. The number of nitrogens with one attached hydrogen (secondary N) is 1. The van der Waals surface area contributed by atoms with Gasteiger partial charge >= 0.3 is 0 Å². The van der Waals surface area contributed by atoms with E-state index >= 15 is 0 Å². The van der Waals surface area contributed by atoms with Crippen LogP contribution in [0.4, 0.5) is 11.4 Å². The van der Waals surface area contributed by atoms with Crippen LogP contribution in [-0.2, 0) is 0 Å². The van der Waals surface area contributed by atoms with Gasteiger partial charge in [0.05, 0.1) is 16.4 Å². The SMILES string of the molecule is CCN(C(=S)Nc1ccccc1Cl)c1cccc2ccccc12. The molecule has 0 fully saturated rings. The number of halogens is 1. The molecule has 0 atom stereocenters. The second-order valence-electron chi connectivity index (χ2n) is 5.15. The molecule has 23 heavy (non-hydrogen) atoms. The highest BCUT2D eigenvalue weighted by molar-refractivity contribution is 7.80. The van der Waals surface area contributed by atoms with E-state index in [2.05, 4.69) is 47.5 Å². The van der Waals surface area contributed by atoms with E-state index in [0.717, 1.165) is 17.9 Å². The Morgan fingerprint density at radius 1 is 1.00 bits per heavy atom. The fourth-order valence-corrected chi connectivity index (χ4v) is 3.13. The van der Waals surface area contributed by atoms with Crippen molar-refractivity contribution in [3.8, 4) is 0 Å². The Balaban J connectivity index is 1.95. The van der Waals surface area contributed by atoms with Crippen LogP contribution in [0.1, 0.15) is 6.92 Å². The Bertz CT molecular complexity index is 842. The Kier molecular flexibility index (Phi) is 4.79. The van der Waals surface area contributed by atoms with Gasteiger partial charge in [0.25, 0.3) is 0 Å². The molecule has 0 unspecified atom stereocenters. The zero-order valence-corrected chi connectivity index (χ0v) is 14.4. The van der Waals surface area contributed by atoms with Gasteiger partial charge in [0, 0.05) is 11.9 Å². The largest absolute Gasteiger partial charge is 0.331 e. The summed E-state index contributed by atoms with van der Waals surface area (Å²) in [6.45, 7) is 2.85. The van der Waals surface area contributed by atoms with Crippen molar-refractivity contribution in [2.45, 2.75) is 6.92 Å². The maximum atomic E-state index is 6.22. The normalized spacial score (nSPS) is 10.5. The van der Waals surface area contributed by atoms with Crippen molar-refractivity contribution in [1.29, 1.82) is 0 Å². The molecule has 0 amide bonds. The van der Waals surface area contributed by atoms with Gasteiger partial charge in [0.15, 0.2) is 5.11 Å². The third-order valence-corrected chi connectivity index (χ3v) is 4.39. The lowest BCUT2D eigenvalue weighted by Crippen LogP contribution is -2.34. The van der Waals surface area contributed by atoms with Crippen LogP contribution in [0.25, 0.3) is 10.8 Å². The topological polar surface area (TPSA) is 15.3 Å². The lowest BCUT2D eigenvalue weighted by Gasteiger charge is -2.26. The summed E-state index contributed by atoms with van der Waals surface area (Å²) in [7, 11) is 0. The predicted octanol–water partition coefficient (Wildman–Crippen LogP) is 5.72. The highest BCUT2D eigenvalue weighted by atomic mass is 35.5. The lowest BCUT2D eigenvalue weighted by molar-refractivity contribution is 1.07. The highest BCUT2D eigenvalue weighted by Crippen LogP contribution is 2.28. The standard InChI is InChI=1S/C19H17ClN2S/c1-2-22(19(23)21-17-12-6-5-11-16(17)20)18-13-7-9-14-8-3-4-10-15(14)18/h3-13H,2H2,1H3,(H,21,23). The van der Waals surface area contributed by atoms with Crippen LogP contribution in [0.3, 0.4) is 0 Å². The molecule has 0 aromatic heterocycles. The van der Waals surface area contributed by atoms with E-state index in [4.69, 9.17) is 23.8 Å². The van der Waals surface area contributed by atoms with Gasteiger partial charge in [0.1, 0.15) is 0 Å². The van der Waals surface area contributed by atoms with E-state index in [9.17, 15) is 0 Å². The minimum absolute atomic E-state index is 0.636. The van der Waals surface area contributed by atoms with E-state index in [0.29, 0.717) is 10.1 Å². The second-order valence-corrected chi connectivity index (χ2v) is 5.95. The number of nitrogens with zero attached hydrogens (tertiary/aromatic N) is 1. The smallest absolute Gasteiger partial charge is 0.177 e. The van der Waals surface area contributed by atoms with Gasteiger partial charge in [-0.3, -0.25) is 0 Å². The van der Waals surface area contributed by atoms with Crippen LogP contribution in [0.5, 0.6) is 0 Å². The highest BCUT2D eigenvalue weighted by Gasteiger charge is 2.14. The third kappa shape index (κ3) is 3.31. The molecule has 3 rings (SSSR count). The number of benzene rings is 3. The number of rotatable bonds is 3. The minimum atomic E-state index is 0.636. The van der Waals surface area contributed by atoms with Crippen LogP contribution in [0.15, 0.2) is 66.7 Å². The number of anilines is 2. The quantitative estimate of drug-likeness (QED) is 0.614. The van der Waals surface area contributed by atoms with Gasteiger partial charge < -0.3 is 10.2 Å². The molecule has 1 N–H and O–H groups in total. The van der Waals surface area contributed by atoms with Crippen LogP contribution in [0.2, 0.25) is 5.02 Å². The Morgan fingerprint density at radius 3 is 2.48 bits per heavy atom. The van der Waals surface area contributed by atoms with E-state index < -0.39 is 0 Å². The molecular formula is C19H17ClN2S. The van der Waals surface area contributed by atoms with Gasteiger partial charge in [-0.25, -0.2) is 0 Å². The maximum absolute atomic E-state index is 6.22. The number of para-hydroxylation sites is 1. The molecular weight excluding hydrogens is 324 g/mol. The molecule has 2 nitrogen and oxygen atoms in total. The average molecular weight is 341 g/mol. The number of fused-ring (bicyclic) bond motifs is 1. The molecule has 4 heteroatoms. The second kappa shape index (κ2) is 6.99. The van der Waals surface area contributed by atoms with Gasteiger partial charge in [-0.2, -0.15) is 0 Å². The van der Waals surface area contributed by atoms with Crippen LogP contribution >= 0.6 is 23.8 Å². The van der Waals surface area contributed by atoms with Crippen molar-refractivity contribution < 1.29 is 0 Å². The van der Waals surface area contributed by atoms with E-state index in [1.54, 1.807) is 0 Å². The molecule has 3 aromatic carbocycles. The fourth-order valence-electron chi connectivity index (χ4n) is 2.61. The van der Waals surface area contributed by atoms with Crippen molar-refractivity contribution >= 4 is 51.1 Å². The Hall–Kier alpha value is -2.10. The van der Waals surface area contributed by atoms with Gasteiger partial charge in [-0.15, -0.1) is 0 Å². The van der Waals surface area contributed by atoms with Crippen LogP contribution in [0, 0.1) is 0 Å². The van der Waals surface area contributed by atoms with Crippen molar-refractivity contribution in [3.05, 3.63) is 71.8 Å². The van der Waals surface area contributed by atoms with Crippen molar-refractivity contribution in [2.24, 2.45) is 0 Å². The zero-order chi connectivity index (χ0) is 16.2. The maximum Gasteiger partial charge on any atom is 0.177 e. The Morgan fingerprint density at radius 2 is 1.70 bits per heavy atom. The molecule has 0 aliphatic carbocycles. The third-order valence-electron chi connectivity index (χ3n) is 3.73. The summed E-state index contributed by atoms with van der Waals surface area (Å²) in [6, 6.07) is 22.2. The van der Waals surface area contributed by atoms with Crippen molar-refractivity contribution in [3.63, 3.8) is 0 Å². The lowest BCUT2D eigenvalue weighted by atomic mass is 10.1. The summed E-state index contributed by atoms with van der Waals surface area (Å²) in [5.41, 5.74) is 1.91. The van der Waals surface area contributed by atoms with Gasteiger partial charge in [-0.05, 0) is 42.7 Å². The van der Waals surface area contributed by atoms with Gasteiger partial charge in [-0.1, -0.05) is 60.1 Å². The molecule has 0 aliphatic heterocycles. The first-order chi connectivity index (χ1) is 11.2. The first-order valence-electron chi connectivity index (χ1n) is 7.51. The number of hydrogen-bond acceptors (Lipinski definition) is 1. The molecule has 0 heterocycles. The molecule has 0 saturated carbocycles. The summed E-state index contributed by atoms with van der Waals surface area (Å²) in [5, 5.41) is 6.92. The summed E-state index contributed by atoms with van der Waals surface area (Å²) >= 11 is 11.8. The van der Waals surface area contributed by atoms with E-state index in [-0.39, 0.29) is 0 Å². The summed E-state index contributed by atoms with van der Waals surface area (Å²) in [5.74, 6) is 0. The van der Waals surface area contributed by atoms with Crippen LogP contribution < -0.4 is 10.2 Å². The first-order valence-corrected chi connectivity index (χ1v) is 8.30. The minimum Gasteiger partial charge on any atom is -0.331 e. The van der Waals surface area contributed by atoms with Crippen molar-refractivity contribution in [1.82, 2.24) is 0 Å². The average Bonchev–Trinajstić information content (AvgIpc) is 2.58. The monoisotopic (exact) mass is 340 g/mol. The zero-order valence-electron chi connectivity index (χ0n) is 12.8. The summed E-state index contributed by atoms with van der Waals surface area (Å²) < 4.78 is 0. The first kappa shape index (κ1) is 15.8. The van der Waals surface area contributed by atoms with Crippen molar-refractivity contribution in [2.75, 3.05) is 16.8 Å². The predicted molar refractivity (Wildman–Crippen MR) is 105 cm³/mol. The number of hydrogen-bond donors (Lipinski definition) is 1. The molecule has 0 bridgehead atoms. The fraction of sp³-hybridized carbons (Fsp3) is 0.105. The van der Waals surface area contributed by atoms with E-state index in [1.807, 2.05) is 36.4 Å². The molecule has 0 saturated heterocycles. The molecule has 0 spiro atoms. The molecule has 116 valence electrons. The summed E-state index contributed by atoms with van der Waals surface area (Å²) in [4.78, 5) is 2.08. The van der Waals surface area contributed by atoms with Crippen LogP contribution in [-0.4, -0.2) is 11.7 Å². The Labute approximate surface area is 146 Å². The van der Waals surface area contributed by atoms with E-state index in [1.165, 1.54) is 10.8 Å². The summed E-state index contributed by atoms with van der Waals surface area (Å²) in [6.07, 6.45) is 0. The molecule has 0 aliphatic rings. The number of thiocarbonyl (C=S) groups is 1. The molecule has 0 radical (unpaired) electrons. The van der Waals surface area contributed by atoms with Gasteiger partial charge in [0.2, 0.25) is 0 Å².